The molecule has 0 amide bonds. The van der Waals surface area contributed by atoms with Crippen LogP contribution in [0.2, 0.25) is 0 Å². The zero-order valence-electron chi connectivity index (χ0n) is 6.84. The van der Waals surface area contributed by atoms with Crippen molar-refractivity contribution in [2.24, 2.45) is 0 Å². The van der Waals surface area contributed by atoms with E-state index in [0.717, 1.165) is 12.8 Å². The van der Waals surface area contributed by atoms with Crippen molar-refractivity contribution in [3.63, 3.8) is 0 Å². The maximum atomic E-state index is 9.95. The maximum Gasteiger partial charge on any atom is 0.327 e. The predicted molar refractivity (Wildman–Crippen MR) is 40.9 cm³/mol. The molecule has 0 atom stereocenters. The molecule has 0 aromatic carbocycles. The van der Waals surface area contributed by atoms with Gasteiger partial charge in [-0.05, 0) is 12.8 Å². The summed E-state index contributed by atoms with van der Waals surface area (Å²) >= 11 is 0. The number of hydrogen-bond donors (Lipinski definition) is 1. The van der Waals surface area contributed by atoms with Crippen LogP contribution in [0.1, 0.15) is 32.6 Å². The Kier molecular flexibility index (Phi) is 12.5. The van der Waals surface area contributed by atoms with Crippen LogP contribution < -0.4 is 0 Å². The van der Waals surface area contributed by atoms with Crippen LogP contribution in [0.15, 0.2) is 12.2 Å². The van der Waals surface area contributed by atoms with Gasteiger partial charge < -0.3 is 5.11 Å². The molecule has 0 aliphatic heterocycles. The first kappa shape index (κ1) is 13.7. The van der Waals surface area contributed by atoms with Gasteiger partial charge in [-0.3, -0.25) is 0 Å². The Hall–Kier alpha value is 0.0931. The molecular formula is C8H14O2Zr. The topological polar surface area (TPSA) is 37.3 Å². The minimum Gasteiger partial charge on any atom is -0.478 e. The average molecular weight is 233 g/mol. The summed E-state index contributed by atoms with van der Waals surface area (Å²) in [6, 6.07) is 0. The normalized spacial score (nSPS) is 9.55. The Balaban J connectivity index is 0. The second-order valence-corrected chi connectivity index (χ2v) is 2.24. The summed E-state index contributed by atoms with van der Waals surface area (Å²) in [5.74, 6) is -0.850. The number of carbonyl (C=O) groups is 1. The van der Waals surface area contributed by atoms with Crippen molar-refractivity contribution in [1.82, 2.24) is 0 Å². The van der Waals surface area contributed by atoms with Crippen molar-refractivity contribution in [2.75, 3.05) is 0 Å². The number of carboxylic acid groups (broad SMARTS) is 1. The van der Waals surface area contributed by atoms with Crippen LogP contribution in [0.3, 0.4) is 0 Å². The Morgan fingerprint density at radius 3 is 2.55 bits per heavy atom. The Labute approximate surface area is 86.8 Å². The van der Waals surface area contributed by atoms with Gasteiger partial charge in [-0.25, -0.2) is 4.79 Å². The monoisotopic (exact) mass is 232 g/mol. The molecule has 0 saturated heterocycles. The summed E-state index contributed by atoms with van der Waals surface area (Å²) < 4.78 is 0. The standard InChI is InChI=1S/C8H14O2.Zr/c1-2-3-4-5-6-7-8(9)10;/h6-7H,2-5H2,1H3,(H,9,10);. The quantitative estimate of drug-likeness (QED) is 0.584. The van der Waals surface area contributed by atoms with Gasteiger partial charge in [0, 0.05) is 32.3 Å². The van der Waals surface area contributed by atoms with Crippen LogP contribution in [-0.4, -0.2) is 11.1 Å². The molecule has 0 fully saturated rings. The number of aliphatic carboxylic acids is 1. The van der Waals surface area contributed by atoms with Crippen LogP contribution >= 0.6 is 0 Å². The van der Waals surface area contributed by atoms with Gasteiger partial charge in [0.05, 0.1) is 0 Å². The fourth-order valence-corrected chi connectivity index (χ4v) is 0.696. The molecule has 0 aromatic heterocycles. The van der Waals surface area contributed by atoms with Gasteiger partial charge in [-0.2, -0.15) is 0 Å². The van der Waals surface area contributed by atoms with Crippen LogP contribution in [-0.2, 0) is 31.0 Å². The molecule has 0 radical (unpaired) electrons. The Bertz CT molecular complexity index is 121. The van der Waals surface area contributed by atoms with E-state index in [0.29, 0.717) is 0 Å². The zero-order chi connectivity index (χ0) is 7.82. The van der Waals surface area contributed by atoms with Crippen molar-refractivity contribution >= 4 is 5.97 Å². The maximum absolute atomic E-state index is 9.95. The number of allylic oxidation sites excluding steroid dienone is 1. The van der Waals surface area contributed by atoms with E-state index in [1.165, 1.54) is 18.9 Å². The molecule has 0 unspecified atom stereocenters. The van der Waals surface area contributed by atoms with Gasteiger partial charge in [0.1, 0.15) is 0 Å². The molecular weight excluding hydrogens is 219 g/mol. The first-order chi connectivity index (χ1) is 4.77. The number of hydrogen-bond acceptors (Lipinski definition) is 1. The molecule has 0 rings (SSSR count). The smallest absolute Gasteiger partial charge is 0.327 e. The molecule has 0 aliphatic carbocycles. The summed E-state index contributed by atoms with van der Waals surface area (Å²) in [7, 11) is 0. The van der Waals surface area contributed by atoms with Gasteiger partial charge in [0.25, 0.3) is 0 Å². The molecule has 0 aromatic rings. The van der Waals surface area contributed by atoms with E-state index in [1.54, 1.807) is 6.08 Å². The summed E-state index contributed by atoms with van der Waals surface area (Å²) in [5, 5.41) is 8.18. The summed E-state index contributed by atoms with van der Waals surface area (Å²) in [4.78, 5) is 9.95. The van der Waals surface area contributed by atoms with E-state index in [1.807, 2.05) is 0 Å². The van der Waals surface area contributed by atoms with E-state index in [-0.39, 0.29) is 26.2 Å². The molecule has 62 valence electrons. The van der Waals surface area contributed by atoms with Crippen molar-refractivity contribution in [2.45, 2.75) is 32.6 Å². The third-order valence-electron chi connectivity index (χ3n) is 1.23. The molecule has 11 heavy (non-hydrogen) atoms. The zero-order valence-corrected chi connectivity index (χ0v) is 9.30. The van der Waals surface area contributed by atoms with Crippen LogP contribution in [0.25, 0.3) is 0 Å². The number of carboxylic acids is 1. The van der Waals surface area contributed by atoms with E-state index in [2.05, 4.69) is 6.92 Å². The molecule has 0 saturated carbocycles. The molecule has 0 aliphatic rings. The van der Waals surface area contributed by atoms with E-state index >= 15 is 0 Å². The minimum atomic E-state index is -0.850. The molecule has 1 N–H and O–H groups in total. The first-order valence-electron chi connectivity index (χ1n) is 3.67. The van der Waals surface area contributed by atoms with Gasteiger partial charge in [0.15, 0.2) is 0 Å². The SMILES string of the molecule is CCCCCC=CC(=O)O.[Zr]. The Morgan fingerprint density at radius 1 is 1.45 bits per heavy atom. The summed E-state index contributed by atoms with van der Waals surface area (Å²) in [6.45, 7) is 2.13. The van der Waals surface area contributed by atoms with Crippen molar-refractivity contribution < 1.29 is 36.1 Å². The van der Waals surface area contributed by atoms with Crippen LogP contribution in [0.4, 0.5) is 0 Å². The fourth-order valence-electron chi connectivity index (χ4n) is 0.696. The van der Waals surface area contributed by atoms with E-state index in [4.69, 9.17) is 5.11 Å². The summed E-state index contributed by atoms with van der Waals surface area (Å²) in [5.41, 5.74) is 0. The molecule has 0 bridgehead atoms. The van der Waals surface area contributed by atoms with Crippen LogP contribution in [0.5, 0.6) is 0 Å². The molecule has 0 heterocycles. The third-order valence-corrected chi connectivity index (χ3v) is 1.23. The van der Waals surface area contributed by atoms with Crippen LogP contribution in [0, 0.1) is 0 Å². The van der Waals surface area contributed by atoms with Crippen molar-refractivity contribution in [3.05, 3.63) is 12.2 Å². The fraction of sp³-hybridized carbons (Fsp3) is 0.625. The second-order valence-electron chi connectivity index (χ2n) is 2.24. The van der Waals surface area contributed by atoms with Crippen molar-refractivity contribution in [3.8, 4) is 0 Å². The second kappa shape index (κ2) is 10.1. The van der Waals surface area contributed by atoms with Crippen molar-refractivity contribution in [1.29, 1.82) is 0 Å². The first-order valence-corrected chi connectivity index (χ1v) is 3.67. The van der Waals surface area contributed by atoms with Gasteiger partial charge in [0.2, 0.25) is 0 Å². The predicted octanol–water partition coefficient (Wildman–Crippen LogP) is 2.20. The number of unbranched alkanes of at least 4 members (excludes halogenated alkanes) is 3. The Morgan fingerprint density at radius 2 is 2.09 bits per heavy atom. The number of rotatable bonds is 5. The molecule has 3 heteroatoms. The molecule has 0 spiro atoms. The average Bonchev–Trinajstić information content (AvgIpc) is 1.87. The van der Waals surface area contributed by atoms with E-state index in [9.17, 15) is 4.79 Å². The largest absolute Gasteiger partial charge is 0.478 e. The molecule has 2 nitrogen and oxygen atoms in total. The van der Waals surface area contributed by atoms with Gasteiger partial charge >= 0.3 is 5.97 Å². The van der Waals surface area contributed by atoms with Gasteiger partial charge in [-0.15, -0.1) is 0 Å². The van der Waals surface area contributed by atoms with E-state index < -0.39 is 5.97 Å². The minimum absolute atomic E-state index is 0. The summed E-state index contributed by atoms with van der Waals surface area (Å²) in [6.07, 6.45) is 7.26. The third kappa shape index (κ3) is 13.1. The van der Waals surface area contributed by atoms with Gasteiger partial charge in [-0.1, -0.05) is 25.8 Å².